The van der Waals surface area contributed by atoms with Gasteiger partial charge in [-0.2, -0.15) is 0 Å². The highest BCUT2D eigenvalue weighted by Crippen LogP contribution is 2.46. The zero-order valence-corrected chi connectivity index (χ0v) is 20.9. The average Bonchev–Trinajstić information content (AvgIpc) is 3.68. The van der Waals surface area contributed by atoms with Gasteiger partial charge in [0.2, 0.25) is 11.8 Å². The number of urea groups is 1. The van der Waals surface area contributed by atoms with Crippen molar-refractivity contribution in [1.82, 2.24) is 20.0 Å². The maximum atomic E-state index is 13.3. The lowest BCUT2D eigenvalue weighted by atomic mass is 9.97. The van der Waals surface area contributed by atoms with Crippen molar-refractivity contribution in [3.63, 3.8) is 0 Å². The lowest BCUT2D eigenvalue weighted by Gasteiger charge is -2.41. The van der Waals surface area contributed by atoms with Crippen molar-refractivity contribution >= 4 is 29.6 Å². The third-order valence-electron chi connectivity index (χ3n) is 8.17. The molecule has 3 aliphatic carbocycles. The molecule has 3 fully saturated rings. The minimum Gasteiger partial charge on any atom is -0.342 e. The van der Waals surface area contributed by atoms with Crippen molar-refractivity contribution in [3.05, 3.63) is 47.7 Å². The van der Waals surface area contributed by atoms with E-state index in [0.29, 0.717) is 31.6 Å². The topological polar surface area (TPSA) is 73.0 Å². The Balaban J connectivity index is 1.04. The van der Waals surface area contributed by atoms with Gasteiger partial charge in [-0.15, -0.1) is 11.8 Å². The summed E-state index contributed by atoms with van der Waals surface area (Å²) in [5.41, 5.74) is 2.28. The SMILES string of the molecule is O=C(CC1SC(C2C=CC=CC2)N(C2CC2)C1=O)N1CCC(N2CC3=C(CCC=C3)NC2=O)CC1. The molecule has 4 amide bonds. The molecule has 2 saturated heterocycles. The number of amides is 4. The Morgan fingerprint density at radius 2 is 1.89 bits per heavy atom. The van der Waals surface area contributed by atoms with Crippen LogP contribution in [-0.4, -0.2) is 74.9 Å². The highest BCUT2D eigenvalue weighted by molar-refractivity contribution is 8.01. The zero-order chi connectivity index (χ0) is 23.9. The van der Waals surface area contributed by atoms with E-state index in [0.717, 1.165) is 50.6 Å². The minimum absolute atomic E-state index is 0.00500. The molecule has 1 saturated carbocycles. The van der Waals surface area contributed by atoms with E-state index in [9.17, 15) is 14.4 Å². The standard InChI is InChI=1S/C27H34N4O3S/c32-24(16-23-25(33)31(21-10-11-21)26(35-23)18-6-2-1-3-7-18)29-14-12-20(13-15-29)30-17-19-8-4-5-9-22(19)28-27(30)34/h1-4,6,8,18,20-21,23,26H,5,7,9-17H2,(H,28,34). The molecule has 8 heteroatoms. The van der Waals surface area contributed by atoms with Crippen LogP contribution in [0.1, 0.15) is 51.4 Å². The Bertz CT molecular complexity index is 1020. The molecule has 3 aliphatic heterocycles. The average molecular weight is 495 g/mol. The van der Waals surface area contributed by atoms with Crippen molar-refractivity contribution in [2.45, 2.75) is 74.1 Å². The van der Waals surface area contributed by atoms with Crippen LogP contribution < -0.4 is 5.32 Å². The van der Waals surface area contributed by atoms with E-state index in [-0.39, 0.29) is 40.9 Å². The Morgan fingerprint density at radius 3 is 2.63 bits per heavy atom. The zero-order valence-electron chi connectivity index (χ0n) is 20.1. The summed E-state index contributed by atoms with van der Waals surface area (Å²) in [4.78, 5) is 45.2. The second-order valence-electron chi connectivity index (χ2n) is 10.5. The molecule has 35 heavy (non-hydrogen) atoms. The van der Waals surface area contributed by atoms with Crippen LogP contribution in [0.5, 0.6) is 0 Å². The van der Waals surface area contributed by atoms with Gasteiger partial charge in [0.05, 0.1) is 10.6 Å². The summed E-state index contributed by atoms with van der Waals surface area (Å²) in [5, 5.41) is 2.95. The molecule has 7 nitrogen and oxygen atoms in total. The van der Waals surface area contributed by atoms with Crippen molar-refractivity contribution in [3.8, 4) is 0 Å². The van der Waals surface area contributed by atoms with E-state index in [4.69, 9.17) is 0 Å². The second kappa shape index (κ2) is 9.52. The van der Waals surface area contributed by atoms with Crippen LogP contribution in [0.15, 0.2) is 47.7 Å². The molecule has 6 aliphatic rings. The Hall–Kier alpha value is -2.48. The van der Waals surface area contributed by atoms with Gasteiger partial charge in [0, 0.05) is 49.8 Å². The largest absolute Gasteiger partial charge is 0.342 e. The molecule has 3 heterocycles. The third-order valence-corrected chi connectivity index (χ3v) is 9.73. The van der Waals surface area contributed by atoms with Gasteiger partial charge in [0.15, 0.2) is 0 Å². The number of carbonyl (C=O) groups excluding carboxylic acids is 3. The smallest absolute Gasteiger partial charge is 0.322 e. The van der Waals surface area contributed by atoms with E-state index < -0.39 is 0 Å². The Kier molecular flexibility index (Phi) is 6.25. The van der Waals surface area contributed by atoms with Gasteiger partial charge in [0.25, 0.3) is 0 Å². The number of rotatable bonds is 5. The second-order valence-corrected chi connectivity index (χ2v) is 11.8. The number of thioether (sulfide) groups is 1. The lowest BCUT2D eigenvalue weighted by Crippen LogP contribution is -2.54. The molecule has 3 unspecified atom stereocenters. The van der Waals surface area contributed by atoms with E-state index in [1.807, 2.05) is 9.80 Å². The van der Waals surface area contributed by atoms with Crippen LogP contribution >= 0.6 is 11.8 Å². The number of nitrogens with one attached hydrogen (secondary N) is 1. The van der Waals surface area contributed by atoms with Crippen LogP contribution in [0.25, 0.3) is 0 Å². The van der Waals surface area contributed by atoms with Crippen LogP contribution in [0.3, 0.4) is 0 Å². The molecule has 0 bridgehead atoms. The molecule has 0 aromatic rings. The summed E-state index contributed by atoms with van der Waals surface area (Å²) in [5.74, 6) is 0.562. The predicted molar refractivity (Wildman–Crippen MR) is 136 cm³/mol. The van der Waals surface area contributed by atoms with E-state index in [1.54, 1.807) is 11.8 Å². The van der Waals surface area contributed by atoms with Gasteiger partial charge in [0.1, 0.15) is 0 Å². The number of hydrogen-bond donors (Lipinski definition) is 1. The molecule has 6 rings (SSSR count). The highest BCUT2D eigenvalue weighted by atomic mass is 32.2. The predicted octanol–water partition coefficient (Wildman–Crippen LogP) is 3.56. The summed E-state index contributed by atoms with van der Waals surface area (Å²) in [6, 6.07) is 0.502. The normalized spacial score (nSPS) is 31.3. The minimum atomic E-state index is -0.276. The fourth-order valence-corrected chi connectivity index (χ4v) is 7.67. The van der Waals surface area contributed by atoms with E-state index >= 15 is 0 Å². The first kappa shape index (κ1) is 23.0. The van der Waals surface area contributed by atoms with Gasteiger partial charge < -0.3 is 20.0 Å². The fraction of sp³-hybridized carbons (Fsp3) is 0.593. The molecule has 0 spiro atoms. The summed E-state index contributed by atoms with van der Waals surface area (Å²) in [7, 11) is 0. The van der Waals surface area contributed by atoms with Crippen LogP contribution in [-0.2, 0) is 9.59 Å². The monoisotopic (exact) mass is 494 g/mol. The van der Waals surface area contributed by atoms with Gasteiger partial charge >= 0.3 is 6.03 Å². The molecular formula is C27H34N4O3S. The summed E-state index contributed by atoms with van der Waals surface area (Å²) in [6.07, 6.45) is 19.7. The van der Waals surface area contributed by atoms with Gasteiger partial charge in [-0.25, -0.2) is 4.79 Å². The first-order valence-electron chi connectivity index (χ1n) is 13.1. The van der Waals surface area contributed by atoms with Crippen LogP contribution in [0, 0.1) is 5.92 Å². The summed E-state index contributed by atoms with van der Waals surface area (Å²) in [6.45, 7) is 1.95. The first-order valence-corrected chi connectivity index (χ1v) is 14.1. The summed E-state index contributed by atoms with van der Waals surface area (Å²) < 4.78 is 0. The van der Waals surface area contributed by atoms with Gasteiger partial charge in [-0.1, -0.05) is 36.5 Å². The third kappa shape index (κ3) is 4.57. The quantitative estimate of drug-likeness (QED) is 0.634. The highest BCUT2D eigenvalue weighted by Gasteiger charge is 2.49. The number of carbonyl (C=O) groups is 3. The first-order chi connectivity index (χ1) is 17.1. The van der Waals surface area contributed by atoms with Gasteiger partial charge in [-0.05, 0) is 50.5 Å². The number of allylic oxidation sites excluding steroid dienone is 5. The van der Waals surface area contributed by atoms with Crippen molar-refractivity contribution in [2.75, 3.05) is 19.6 Å². The molecule has 0 aromatic heterocycles. The summed E-state index contributed by atoms with van der Waals surface area (Å²) >= 11 is 1.70. The molecule has 0 aromatic carbocycles. The van der Waals surface area contributed by atoms with Crippen LogP contribution in [0.2, 0.25) is 0 Å². The van der Waals surface area contributed by atoms with Crippen molar-refractivity contribution in [2.24, 2.45) is 5.92 Å². The number of piperidine rings is 1. The van der Waals surface area contributed by atoms with Crippen molar-refractivity contribution < 1.29 is 14.4 Å². The fourth-order valence-electron chi connectivity index (χ4n) is 6.05. The van der Waals surface area contributed by atoms with E-state index in [2.05, 4.69) is 46.7 Å². The number of hydrogen-bond acceptors (Lipinski definition) is 4. The molecule has 1 N–H and O–H groups in total. The van der Waals surface area contributed by atoms with Crippen LogP contribution in [0.4, 0.5) is 4.79 Å². The number of nitrogens with zero attached hydrogens (tertiary/aromatic N) is 3. The molecule has 186 valence electrons. The molecule has 0 radical (unpaired) electrons. The molecule has 3 atom stereocenters. The maximum Gasteiger partial charge on any atom is 0.322 e. The molecular weight excluding hydrogens is 460 g/mol. The van der Waals surface area contributed by atoms with Crippen molar-refractivity contribution in [1.29, 1.82) is 0 Å². The number of likely N-dealkylation sites (tertiary alicyclic amines) is 1. The lowest BCUT2D eigenvalue weighted by molar-refractivity contribution is -0.137. The van der Waals surface area contributed by atoms with E-state index in [1.165, 1.54) is 5.57 Å². The maximum absolute atomic E-state index is 13.3. The Labute approximate surface area is 211 Å². The van der Waals surface area contributed by atoms with Gasteiger partial charge in [-0.3, -0.25) is 9.59 Å². The Morgan fingerprint density at radius 1 is 1.06 bits per heavy atom.